The molecule has 2 amide bonds. The van der Waals surface area contributed by atoms with Crippen molar-refractivity contribution in [1.82, 2.24) is 0 Å². The molecule has 3 aromatic rings. The Labute approximate surface area is 211 Å². The Hall–Kier alpha value is -3.52. The van der Waals surface area contributed by atoms with Gasteiger partial charge in [-0.3, -0.25) is 9.59 Å². The van der Waals surface area contributed by atoms with E-state index in [2.05, 4.69) is 21.2 Å². The zero-order valence-corrected chi connectivity index (χ0v) is 19.5. The molecular formula is C23H13BrF8N2O3. The van der Waals surface area contributed by atoms with Crippen LogP contribution in [-0.2, 0) is 5.60 Å². The molecule has 14 heteroatoms. The lowest BCUT2D eigenvalue weighted by Gasteiger charge is -2.33. The first-order valence-electron chi connectivity index (χ1n) is 9.89. The highest BCUT2D eigenvalue weighted by molar-refractivity contribution is 9.10. The second-order valence-corrected chi connectivity index (χ2v) is 8.34. The SMILES string of the molecule is O=C(Nc1c(F)cc(C(O)(C(F)(F)F)C(F)(F)F)cc1Br)c1cccc(NC(=O)c2ccccc2F)c1. The van der Waals surface area contributed by atoms with E-state index in [0.29, 0.717) is 0 Å². The van der Waals surface area contributed by atoms with Gasteiger partial charge in [-0.05, 0) is 58.4 Å². The minimum absolute atomic E-state index is 0.0243. The van der Waals surface area contributed by atoms with Gasteiger partial charge in [0, 0.05) is 21.3 Å². The van der Waals surface area contributed by atoms with Crippen molar-refractivity contribution < 1.29 is 49.8 Å². The van der Waals surface area contributed by atoms with Gasteiger partial charge in [0.2, 0.25) is 0 Å². The van der Waals surface area contributed by atoms with Gasteiger partial charge in [-0.15, -0.1) is 0 Å². The number of anilines is 2. The molecule has 0 fully saturated rings. The fourth-order valence-corrected chi connectivity index (χ4v) is 3.69. The third-order valence-electron chi connectivity index (χ3n) is 5.02. The fourth-order valence-electron chi connectivity index (χ4n) is 3.16. The molecule has 3 rings (SSSR count). The predicted molar refractivity (Wildman–Crippen MR) is 119 cm³/mol. The van der Waals surface area contributed by atoms with Gasteiger partial charge in [0.1, 0.15) is 11.6 Å². The Morgan fingerprint density at radius 1 is 0.757 bits per heavy atom. The first-order valence-corrected chi connectivity index (χ1v) is 10.7. The van der Waals surface area contributed by atoms with E-state index in [1.165, 1.54) is 36.4 Å². The van der Waals surface area contributed by atoms with Crippen LogP contribution in [0.25, 0.3) is 0 Å². The molecule has 0 aliphatic rings. The number of hydrogen-bond donors (Lipinski definition) is 3. The van der Waals surface area contributed by atoms with Crippen LogP contribution in [0.2, 0.25) is 0 Å². The maximum Gasteiger partial charge on any atom is 0.430 e. The van der Waals surface area contributed by atoms with E-state index >= 15 is 0 Å². The number of alkyl halides is 6. The molecule has 5 nitrogen and oxygen atoms in total. The summed E-state index contributed by atoms with van der Waals surface area (Å²) in [7, 11) is 0. The lowest BCUT2D eigenvalue weighted by Crippen LogP contribution is -2.54. The average molecular weight is 597 g/mol. The summed E-state index contributed by atoms with van der Waals surface area (Å²) in [5.74, 6) is -4.42. The number of hydrogen-bond acceptors (Lipinski definition) is 3. The first-order chi connectivity index (χ1) is 17.1. The van der Waals surface area contributed by atoms with Crippen LogP contribution in [0.1, 0.15) is 26.3 Å². The predicted octanol–water partition coefficient (Wildman–Crippen LogP) is 6.54. The van der Waals surface area contributed by atoms with Crippen molar-refractivity contribution in [2.75, 3.05) is 10.6 Å². The van der Waals surface area contributed by atoms with Crippen LogP contribution in [-0.4, -0.2) is 29.3 Å². The highest BCUT2D eigenvalue weighted by atomic mass is 79.9. The standard InChI is InChI=1S/C23H13BrF8N2O3/c24-15-9-12(21(37,22(27,28)29)23(30,31)32)10-17(26)18(15)34-19(35)11-4-3-5-13(8-11)33-20(36)14-6-1-2-7-16(14)25/h1-10,37H,(H,33,36)(H,34,35). The summed E-state index contributed by atoms with van der Waals surface area (Å²) < 4.78 is 106. The minimum atomic E-state index is -6.24. The molecule has 0 aliphatic heterocycles. The van der Waals surface area contributed by atoms with Gasteiger partial charge in [-0.25, -0.2) is 8.78 Å². The summed E-state index contributed by atoms with van der Waals surface area (Å²) in [5.41, 5.74) is -8.54. The Morgan fingerprint density at radius 3 is 1.95 bits per heavy atom. The minimum Gasteiger partial charge on any atom is -0.369 e. The quantitative estimate of drug-likeness (QED) is 0.293. The fraction of sp³-hybridized carbons (Fsp3) is 0.130. The molecule has 0 aliphatic carbocycles. The largest absolute Gasteiger partial charge is 0.430 e. The van der Waals surface area contributed by atoms with E-state index in [1.54, 1.807) is 0 Å². The second-order valence-electron chi connectivity index (χ2n) is 7.49. The third-order valence-corrected chi connectivity index (χ3v) is 5.65. The topological polar surface area (TPSA) is 78.4 Å². The van der Waals surface area contributed by atoms with Gasteiger partial charge in [0.05, 0.1) is 11.3 Å². The van der Waals surface area contributed by atoms with Crippen LogP contribution >= 0.6 is 15.9 Å². The van der Waals surface area contributed by atoms with Gasteiger partial charge >= 0.3 is 12.4 Å². The van der Waals surface area contributed by atoms with Crippen LogP contribution < -0.4 is 10.6 Å². The van der Waals surface area contributed by atoms with E-state index in [4.69, 9.17) is 0 Å². The molecule has 0 heterocycles. The molecule has 0 bridgehead atoms. The molecule has 0 spiro atoms. The highest BCUT2D eigenvalue weighted by Gasteiger charge is 2.71. The number of carbonyl (C=O) groups is 2. The monoisotopic (exact) mass is 596 g/mol. The van der Waals surface area contributed by atoms with Crippen LogP contribution in [0.15, 0.2) is 65.1 Å². The number of nitrogens with one attached hydrogen (secondary N) is 2. The number of halogens is 9. The van der Waals surface area contributed by atoms with Crippen molar-refractivity contribution in [1.29, 1.82) is 0 Å². The summed E-state index contributed by atoms with van der Waals surface area (Å²) in [5, 5.41) is 13.8. The average Bonchev–Trinajstić information content (AvgIpc) is 2.79. The Kier molecular flexibility index (Phi) is 7.65. The summed E-state index contributed by atoms with van der Waals surface area (Å²) >= 11 is 2.61. The van der Waals surface area contributed by atoms with E-state index in [-0.39, 0.29) is 28.9 Å². The van der Waals surface area contributed by atoms with Crippen molar-refractivity contribution in [3.8, 4) is 0 Å². The number of carbonyl (C=O) groups excluding carboxylic acids is 2. The Balaban J connectivity index is 1.87. The number of rotatable bonds is 5. The molecular weight excluding hydrogens is 584 g/mol. The molecule has 196 valence electrons. The van der Waals surface area contributed by atoms with Crippen molar-refractivity contribution >= 4 is 39.1 Å². The van der Waals surface area contributed by atoms with E-state index < -0.39 is 57.1 Å². The van der Waals surface area contributed by atoms with Crippen LogP contribution in [0.5, 0.6) is 0 Å². The summed E-state index contributed by atoms with van der Waals surface area (Å²) in [6, 6.07) is 9.99. The first kappa shape index (κ1) is 28.1. The van der Waals surface area contributed by atoms with Crippen LogP contribution in [0, 0.1) is 11.6 Å². The molecule has 3 aromatic carbocycles. The van der Waals surface area contributed by atoms with E-state index in [1.807, 2.05) is 5.32 Å². The maximum absolute atomic E-state index is 14.6. The molecule has 0 atom stereocenters. The van der Waals surface area contributed by atoms with Gasteiger partial charge in [-0.2, -0.15) is 26.3 Å². The lowest BCUT2D eigenvalue weighted by atomic mass is 9.92. The van der Waals surface area contributed by atoms with Gasteiger partial charge in [-0.1, -0.05) is 18.2 Å². The Bertz CT molecular complexity index is 1320. The van der Waals surface area contributed by atoms with Crippen molar-refractivity contribution in [2.45, 2.75) is 18.0 Å². The van der Waals surface area contributed by atoms with Gasteiger partial charge in [0.15, 0.2) is 0 Å². The van der Waals surface area contributed by atoms with Gasteiger partial charge in [0.25, 0.3) is 17.4 Å². The molecule has 0 saturated heterocycles. The molecule has 0 radical (unpaired) electrons. The summed E-state index contributed by atoms with van der Waals surface area (Å²) in [6.45, 7) is 0. The molecule has 3 N–H and O–H groups in total. The smallest absolute Gasteiger partial charge is 0.369 e. The van der Waals surface area contributed by atoms with E-state index in [0.717, 1.165) is 12.1 Å². The molecule has 37 heavy (non-hydrogen) atoms. The molecule has 0 saturated carbocycles. The maximum atomic E-state index is 14.6. The van der Waals surface area contributed by atoms with Gasteiger partial charge < -0.3 is 15.7 Å². The number of aliphatic hydroxyl groups is 1. The second kappa shape index (κ2) is 10.1. The van der Waals surface area contributed by atoms with Crippen molar-refractivity contribution in [2.24, 2.45) is 0 Å². The van der Waals surface area contributed by atoms with Crippen molar-refractivity contribution in [3.63, 3.8) is 0 Å². The number of amides is 2. The van der Waals surface area contributed by atoms with Crippen molar-refractivity contribution in [3.05, 3.63) is 93.5 Å². The zero-order valence-electron chi connectivity index (χ0n) is 17.9. The zero-order chi connectivity index (χ0) is 27.8. The third kappa shape index (κ3) is 5.59. The number of benzene rings is 3. The molecule has 0 aromatic heterocycles. The summed E-state index contributed by atoms with van der Waals surface area (Å²) in [4.78, 5) is 24.9. The van der Waals surface area contributed by atoms with Crippen LogP contribution in [0.4, 0.5) is 46.5 Å². The lowest BCUT2D eigenvalue weighted by molar-refractivity contribution is -0.376. The highest BCUT2D eigenvalue weighted by Crippen LogP contribution is 2.51. The van der Waals surface area contributed by atoms with Crippen LogP contribution in [0.3, 0.4) is 0 Å². The molecule has 0 unspecified atom stereocenters. The summed E-state index contributed by atoms with van der Waals surface area (Å²) in [6.07, 6.45) is -12.5. The van der Waals surface area contributed by atoms with E-state index in [9.17, 15) is 49.8 Å². The normalized spacial score (nSPS) is 12.3. The Morgan fingerprint density at radius 2 is 1.38 bits per heavy atom.